The Balaban J connectivity index is 1.94. The molecular formula is C14H15N3O3S. The number of hydrogen-bond acceptors (Lipinski definition) is 5. The molecule has 21 heavy (non-hydrogen) atoms. The van der Waals surface area contributed by atoms with Crippen LogP contribution in [0.25, 0.3) is 0 Å². The molecule has 1 atom stereocenters. The van der Waals surface area contributed by atoms with Crippen LogP contribution in [0.15, 0.2) is 30.5 Å². The molecule has 2 aromatic rings. The van der Waals surface area contributed by atoms with Gasteiger partial charge in [0.2, 0.25) is 0 Å². The number of carboxylic acid groups (broad SMARTS) is 1. The van der Waals surface area contributed by atoms with Gasteiger partial charge < -0.3 is 10.4 Å². The number of aryl methyl sites for hydroxylation is 1. The van der Waals surface area contributed by atoms with Gasteiger partial charge >= 0.3 is 5.97 Å². The first-order valence-electron chi connectivity index (χ1n) is 6.40. The summed E-state index contributed by atoms with van der Waals surface area (Å²) in [6.07, 6.45) is 1.72. The lowest BCUT2D eigenvalue weighted by molar-refractivity contribution is -0.141. The van der Waals surface area contributed by atoms with Crippen LogP contribution in [0.5, 0.6) is 0 Å². The van der Waals surface area contributed by atoms with Gasteiger partial charge in [0.1, 0.15) is 0 Å². The van der Waals surface area contributed by atoms with Crippen molar-refractivity contribution < 1.29 is 14.7 Å². The largest absolute Gasteiger partial charge is 0.481 e. The van der Waals surface area contributed by atoms with Crippen LogP contribution in [0.2, 0.25) is 0 Å². The highest BCUT2D eigenvalue weighted by Crippen LogP contribution is 2.10. The number of carbonyl (C=O) groups excluding carboxylic acids is 1. The Morgan fingerprint density at radius 2 is 2.05 bits per heavy atom. The second kappa shape index (κ2) is 6.94. The molecule has 0 saturated heterocycles. The number of benzene rings is 1. The van der Waals surface area contributed by atoms with Crippen molar-refractivity contribution in [3.05, 3.63) is 47.3 Å². The van der Waals surface area contributed by atoms with E-state index in [1.807, 2.05) is 31.2 Å². The second-order valence-electron chi connectivity index (χ2n) is 4.73. The minimum absolute atomic E-state index is 0.0551. The van der Waals surface area contributed by atoms with E-state index in [4.69, 9.17) is 0 Å². The van der Waals surface area contributed by atoms with E-state index < -0.39 is 17.8 Å². The lowest BCUT2D eigenvalue weighted by Crippen LogP contribution is -2.34. The first-order valence-corrected chi connectivity index (χ1v) is 7.13. The molecule has 0 aliphatic rings. The fourth-order valence-electron chi connectivity index (χ4n) is 1.83. The highest BCUT2D eigenvalue weighted by molar-refractivity contribution is 6.99. The maximum Gasteiger partial charge on any atom is 0.308 e. The second-order valence-corrected chi connectivity index (χ2v) is 5.28. The zero-order chi connectivity index (χ0) is 15.2. The standard InChI is InChI=1S/C14H15N3O3S/c1-9-2-4-10(5-3-9)6-11(14(19)20)7-15-13(18)12-8-16-21-17-12/h2-5,8,11H,6-7H2,1H3,(H,15,18)(H,19,20)/t11-/m1/s1. The molecule has 6 nitrogen and oxygen atoms in total. The predicted molar refractivity (Wildman–Crippen MR) is 78.3 cm³/mol. The molecular weight excluding hydrogens is 290 g/mol. The summed E-state index contributed by atoms with van der Waals surface area (Å²) in [4.78, 5) is 23.0. The van der Waals surface area contributed by atoms with Gasteiger partial charge in [-0.15, -0.1) is 0 Å². The van der Waals surface area contributed by atoms with Crippen LogP contribution in [0.3, 0.4) is 0 Å². The number of aromatic nitrogens is 2. The summed E-state index contributed by atoms with van der Waals surface area (Å²) in [5, 5.41) is 11.8. The average molecular weight is 305 g/mol. The third kappa shape index (κ3) is 4.35. The molecule has 110 valence electrons. The van der Waals surface area contributed by atoms with Gasteiger partial charge in [0.15, 0.2) is 5.69 Å². The normalized spacial score (nSPS) is 11.9. The van der Waals surface area contributed by atoms with Crippen molar-refractivity contribution in [1.82, 2.24) is 14.1 Å². The summed E-state index contributed by atoms with van der Waals surface area (Å²) < 4.78 is 7.54. The van der Waals surface area contributed by atoms with Crippen molar-refractivity contribution in [2.24, 2.45) is 5.92 Å². The van der Waals surface area contributed by atoms with Crippen molar-refractivity contribution in [2.75, 3.05) is 6.54 Å². The van der Waals surface area contributed by atoms with Gasteiger partial charge in [-0.1, -0.05) is 29.8 Å². The maximum absolute atomic E-state index is 11.7. The monoisotopic (exact) mass is 305 g/mol. The van der Waals surface area contributed by atoms with E-state index in [2.05, 4.69) is 14.1 Å². The number of nitrogens with one attached hydrogen (secondary N) is 1. The van der Waals surface area contributed by atoms with Crippen LogP contribution in [0.4, 0.5) is 0 Å². The zero-order valence-corrected chi connectivity index (χ0v) is 12.3. The average Bonchev–Trinajstić information content (AvgIpc) is 2.99. The quantitative estimate of drug-likeness (QED) is 0.844. The number of carbonyl (C=O) groups is 2. The molecule has 1 aromatic carbocycles. The molecule has 1 heterocycles. The van der Waals surface area contributed by atoms with E-state index in [-0.39, 0.29) is 12.2 Å². The van der Waals surface area contributed by atoms with Gasteiger partial charge in [-0.05, 0) is 18.9 Å². The van der Waals surface area contributed by atoms with E-state index >= 15 is 0 Å². The summed E-state index contributed by atoms with van der Waals surface area (Å²) in [7, 11) is 0. The van der Waals surface area contributed by atoms with Gasteiger partial charge in [0, 0.05) is 6.54 Å². The van der Waals surface area contributed by atoms with Crippen LogP contribution in [-0.4, -0.2) is 32.3 Å². The predicted octanol–water partition coefficient (Wildman–Crippen LogP) is 1.52. The van der Waals surface area contributed by atoms with E-state index in [1.165, 1.54) is 6.20 Å². The summed E-state index contributed by atoms with van der Waals surface area (Å²) in [5.74, 6) is -2.02. The number of nitrogens with zero attached hydrogens (tertiary/aromatic N) is 2. The van der Waals surface area contributed by atoms with Crippen molar-refractivity contribution in [2.45, 2.75) is 13.3 Å². The molecule has 7 heteroatoms. The third-order valence-corrected chi connectivity index (χ3v) is 3.53. The molecule has 1 aromatic heterocycles. The Kier molecular flexibility index (Phi) is 4.99. The minimum Gasteiger partial charge on any atom is -0.481 e. The van der Waals surface area contributed by atoms with E-state index in [0.29, 0.717) is 6.42 Å². The Morgan fingerprint density at radius 1 is 1.33 bits per heavy atom. The van der Waals surface area contributed by atoms with Crippen molar-refractivity contribution in [3.63, 3.8) is 0 Å². The molecule has 1 amide bonds. The van der Waals surface area contributed by atoms with Crippen LogP contribution in [0.1, 0.15) is 21.6 Å². The Labute approximate surface area is 126 Å². The number of rotatable bonds is 6. The van der Waals surface area contributed by atoms with E-state index in [1.54, 1.807) is 0 Å². The van der Waals surface area contributed by atoms with Crippen molar-refractivity contribution in [1.29, 1.82) is 0 Å². The Morgan fingerprint density at radius 3 is 2.62 bits per heavy atom. The topological polar surface area (TPSA) is 92.2 Å². The fraction of sp³-hybridized carbons (Fsp3) is 0.286. The first-order chi connectivity index (χ1) is 10.1. The number of hydrogen-bond donors (Lipinski definition) is 2. The molecule has 2 rings (SSSR count). The zero-order valence-electron chi connectivity index (χ0n) is 11.4. The molecule has 0 fully saturated rings. The molecule has 0 radical (unpaired) electrons. The molecule has 0 spiro atoms. The SMILES string of the molecule is Cc1ccc(C[C@H](CNC(=O)c2cnsn2)C(=O)O)cc1. The van der Waals surface area contributed by atoms with Crippen LogP contribution >= 0.6 is 11.7 Å². The molecule has 0 saturated carbocycles. The Hall–Kier alpha value is -2.28. The number of carboxylic acids is 1. The van der Waals surface area contributed by atoms with Gasteiger partial charge in [0.05, 0.1) is 23.8 Å². The Bertz CT molecular complexity index is 611. The molecule has 0 unspecified atom stereocenters. The lowest BCUT2D eigenvalue weighted by atomic mass is 9.98. The summed E-state index contributed by atoms with van der Waals surface area (Å²) in [6.45, 7) is 2.03. The third-order valence-electron chi connectivity index (χ3n) is 3.05. The highest BCUT2D eigenvalue weighted by Gasteiger charge is 2.20. The van der Waals surface area contributed by atoms with Crippen LogP contribution in [0, 0.1) is 12.8 Å². The number of aliphatic carboxylic acids is 1. The molecule has 0 bridgehead atoms. The molecule has 0 aliphatic heterocycles. The summed E-state index contributed by atoms with van der Waals surface area (Å²) in [6, 6.07) is 7.68. The van der Waals surface area contributed by atoms with Gasteiger partial charge in [-0.25, -0.2) is 0 Å². The summed E-state index contributed by atoms with van der Waals surface area (Å²) in [5.41, 5.74) is 2.26. The van der Waals surface area contributed by atoms with Crippen molar-refractivity contribution >= 4 is 23.6 Å². The first kappa shape index (κ1) is 15.1. The van der Waals surface area contributed by atoms with E-state index in [0.717, 1.165) is 22.9 Å². The van der Waals surface area contributed by atoms with E-state index in [9.17, 15) is 14.7 Å². The van der Waals surface area contributed by atoms with Gasteiger partial charge in [0.25, 0.3) is 5.91 Å². The van der Waals surface area contributed by atoms with Crippen LogP contribution < -0.4 is 5.32 Å². The van der Waals surface area contributed by atoms with Crippen molar-refractivity contribution in [3.8, 4) is 0 Å². The number of amides is 1. The smallest absolute Gasteiger partial charge is 0.308 e. The van der Waals surface area contributed by atoms with Gasteiger partial charge in [-0.3, -0.25) is 9.59 Å². The maximum atomic E-state index is 11.7. The lowest BCUT2D eigenvalue weighted by Gasteiger charge is -2.13. The highest BCUT2D eigenvalue weighted by atomic mass is 32.1. The fourth-order valence-corrected chi connectivity index (χ4v) is 2.24. The van der Waals surface area contributed by atoms with Gasteiger partial charge in [-0.2, -0.15) is 8.75 Å². The van der Waals surface area contributed by atoms with Crippen LogP contribution in [-0.2, 0) is 11.2 Å². The molecule has 0 aliphatic carbocycles. The minimum atomic E-state index is -0.938. The molecule has 2 N–H and O–H groups in total. The summed E-state index contributed by atoms with van der Waals surface area (Å²) >= 11 is 0.935.